The van der Waals surface area contributed by atoms with Crippen molar-refractivity contribution in [3.63, 3.8) is 0 Å². The Labute approximate surface area is 111 Å². The summed E-state index contributed by atoms with van der Waals surface area (Å²) < 4.78 is 0. The number of fused-ring (bicyclic) bond motifs is 1. The number of halogens is 1. The molecule has 2 fully saturated rings. The number of aryl methyl sites for hydroxylation is 2. The van der Waals surface area contributed by atoms with E-state index in [0.29, 0.717) is 17.9 Å². The van der Waals surface area contributed by atoms with Crippen molar-refractivity contribution in [2.75, 3.05) is 13.1 Å². The van der Waals surface area contributed by atoms with Crippen LogP contribution in [0.5, 0.6) is 0 Å². The highest BCUT2D eigenvalue weighted by Crippen LogP contribution is 2.41. The molecule has 1 aliphatic heterocycles. The minimum atomic E-state index is 0. The lowest BCUT2D eigenvalue weighted by Gasteiger charge is -2.05. The molecule has 0 spiro atoms. The molecule has 17 heavy (non-hydrogen) atoms. The van der Waals surface area contributed by atoms with Crippen molar-refractivity contribution in [3.05, 3.63) is 21.4 Å². The van der Waals surface area contributed by atoms with Crippen LogP contribution in [-0.2, 0) is 0 Å². The quantitative estimate of drug-likeness (QED) is 0.861. The molecule has 2 atom stereocenters. The summed E-state index contributed by atoms with van der Waals surface area (Å²) in [6.07, 6.45) is 0. The maximum atomic E-state index is 12.0. The molecule has 94 valence electrons. The Bertz CT molecular complexity index is 416. The van der Waals surface area contributed by atoms with Crippen molar-refractivity contribution in [3.8, 4) is 0 Å². The molecule has 0 aromatic carbocycles. The summed E-state index contributed by atoms with van der Waals surface area (Å²) in [4.78, 5) is 14.1. The van der Waals surface area contributed by atoms with Crippen LogP contribution in [0.2, 0.25) is 0 Å². The summed E-state index contributed by atoms with van der Waals surface area (Å²) in [5.74, 6) is 1.48. The zero-order valence-corrected chi connectivity index (χ0v) is 11.6. The Morgan fingerprint density at radius 3 is 2.59 bits per heavy atom. The largest absolute Gasteiger partial charge is 0.348 e. The van der Waals surface area contributed by atoms with E-state index in [1.165, 1.54) is 10.4 Å². The van der Waals surface area contributed by atoms with Crippen molar-refractivity contribution < 1.29 is 4.79 Å². The molecule has 3 rings (SSSR count). The average molecular weight is 273 g/mol. The highest BCUT2D eigenvalue weighted by molar-refractivity contribution is 7.14. The molecule has 1 saturated carbocycles. The van der Waals surface area contributed by atoms with Gasteiger partial charge >= 0.3 is 0 Å². The van der Waals surface area contributed by atoms with Crippen LogP contribution in [0.3, 0.4) is 0 Å². The molecule has 2 unspecified atom stereocenters. The molecule has 0 radical (unpaired) electrons. The zero-order chi connectivity index (χ0) is 11.3. The van der Waals surface area contributed by atoms with Gasteiger partial charge in [0.05, 0.1) is 4.88 Å². The van der Waals surface area contributed by atoms with Gasteiger partial charge in [0.15, 0.2) is 0 Å². The minimum absolute atomic E-state index is 0. The summed E-state index contributed by atoms with van der Waals surface area (Å²) in [5.41, 5.74) is 1.22. The Kier molecular flexibility index (Phi) is 3.48. The van der Waals surface area contributed by atoms with E-state index in [0.717, 1.165) is 18.0 Å². The van der Waals surface area contributed by atoms with Gasteiger partial charge in [-0.1, -0.05) is 0 Å². The molecule has 1 aliphatic carbocycles. The van der Waals surface area contributed by atoms with E-state index in [1.54, 1.807) is 11.3 Å². The van der Waals surface area contributed by atoms with E-state index >= 15 is 0 Å². The van der Waals surface area contributed by atoms with Crippen LogP contribution in [0.1, 0.15) is 20.1 Å². The number of nitrogens with one attached hydrogen (secondary N) is 2. The van der Waals surface area contributed by atoms with Gasteiger partial charge in [0.2, 0.25) is 0 Å². The van der Waals surface area contributed by atoms with Gasteiger partial charge < -0.3 is 10.6 Å². The third-order valence-electron chi connectivity index (χ3n) is 3.78. The molecule has 2 N–H and O–H groups in total. The number of rotatable bonds is 2. The number of hydrogen-bond acceptors (Lipinski definition) is 3. The summed E-state index contributed by atoms with van der Waals surface area (Å²) in [7, 11) is 0. The molecule has 1 saturated heterocycles. The fraction of sp³-hybridized carbons (Fsp3) is 0.583. The third-order valence-corrected chi connectivity index (χ3v) is 4.93. The second-order valence-electron chi connectivity index (χ2n) is 4.84. The number of amides is 1. The van der Waals surface area contributed by atoms with E-state index < -0.39 is 0 Å². The van der Waals surface area contributed by atoms with Gasteiger partial charge in [-0.05, 0) is 37.3 Å². The molecule has 1 aromatic rings. The normalized spacial score (nSPS) is 29.4. The van der Waals surface area contributed by atoms with Gasteiger partial charge in [-0.2, -0.15) is 0 Å². The van der Waals surface area contributed by atoms with Crippen LogP contribution in [0, 0.1) is 25.7 Å². The van der Waals surface area contributed by atoms with Crippen LogP contribution in [0.15, 0.2) is 6.07 Å². The summed E-state index contributed by atoms with van der Waals surface area (Å²) in [5, 5.41) is 6.47. The summed E-state index contributed by atoms with van der Waals surface area (Å²) in [6.45, 7) is 6.25. The first-order chi connectivity index (χ1) is 7.66. The van der Waals surface area contributed by atoms with Crippen LogP contribution in [-0.4, -0.2) is 25.0 Å². The van der Waals surface area contributed by atoms with Gasteiger partial charge in [0.1, 0.15) is 0 Å². The van der Waals surface area contributed by atoms with Gasteiger partial charge in [-0.25, -0.2) is 0 Å². The zero-order valence-electron chi connectivity index (χ0n) is 9.95. The van der Waals surface area contributed by atoms with Crippen molar-refractivity contribution in [2.24, 2.45) is 11.8 Å². The molecular weight excluding hydrogens is 256 g/mol. The van der Waals surface area contributed by atoms with Crippen LogP contribution in [0.25, 0.3) is 0 Å². The van der Waals surface area contributed by atoms with E-state index in [1.807, 2.05) is 6.07 Å². The SMILES string of the molecule is Cc1cc(C(=O)NC2C3CNCC32)sc1C.Cl. The first kappa shape index (κ1) is 12.9. The number of thiophene rings is 1. The number of piperidine rings is 1. The van der Waals surface area contributed by atoms with Crippen LogP contribution >= 0.6 is 23.7 Å². The monoisotopic (exact) mass is 272 g/mol. The fourth-order valence-corrected chi connectivity index (χ4v) is 3.48. The maximum Gasteiger partial charge on any atom is 0.261 e. The third kappa shape index (κ3) is 2.21. The molecule has 1 aromatic heterocycles. The standard InChI is InChI=1S/C12H16N2OS.ClH/c1-6-3-10(16-7(6)2)12(15)14-11-8-4-13-5-9(8)11;/h3,8-9,11,13H,4-5H2,1-2H3,(H,14,15);1H. The number of carbonyl (C=O) groups is 1. The molecule has 2 heterocycles. The van der Waals surface area contributed by atoms with Crippen molar-refractivity contribution in [1.29, 1.82) is 0 Å². The summed E-state index contributed by atoms with van der Waals surface area (Å²) >= 11 is 1.59. The Morgan fingerprint density at radius 2 is 2.06 bits per heavy atom. The Balaban J connectivity index is 0.00000108. The molecule has 2 aliphatic rings. The number of hydrogen-bond donors (Lipinski definition) is 2. The first-order valence-corrected chi connectivity index (χ1v) is 6.57. The molecular formula is C12H17ClN2OS. The van der Waals surface area contributed by atoms with E-state index in [9.17, 15) is 4.79 Å². The van der Waals surface area contributed by atoms with E-state index in [-0.39, 0.29) is 18.3 Å². The van der Waals surface area contributed by atoms with Crippen molar-refractivity contribution in [1.82, 2.24) is 10.6 Å². The smallest absolute Gasteiger partial charge is 0.261 e. The topological polar surface area (TPSA) is 41.1 Å². The predicted octanol–water partition coefficient (Wildman–Crippen LogP) is 1.73. The summed E-state index contributed by atoms with van der Waals surface area (Å²) in [6, 6.07) is 2.42. The van der Waals surface area contributed by atoms with Gasteiger partial charge in [0.25, 0.3) is 5.91 Å². The lowest BCUT2D eigenvalue weighted by atomic mass is 10.3. The van der Waals surface area contributed by atoms with Crippen molar-refractivity contribution >= 4 is 29.7 Å². The van der Waals surface area contributed by atoms with Gasteiger partial charge in [-0.3, -0.25) is 4.79 Å². The fourth-order valence-electron chi connectivity index (χ4n) is 2.54. The minimum Gasteiger partial charge on any atom is -0.348 e. The van der Waals surface area contributed by atoms with E-state index in [4.69, 9.17) is 0 Å². The van der Waals surface area contributed by atoms with Crippen LogP contribution in [0.4, 0.5) is 0 Å². The second-order valence-corrected chi connectivity index (χ2v) is 6.09. The van der Waals surface area contributed by atoms with Crippen LogP contribution < -0.4 is 10.6 Å². The van der Waals surface area contributed by atoms with Gasteiger partial charge in [-0.15, -0.1) is 23.7 Å². The first-order valence-electron chi connectivity index (χ1n) is 5.75. The maximum absolute atomic E-state index is 12.0. The lowest BCUT2D eigenvalue weighted by Crippen LogP contribution is -2.32. The molecule has 0 bridgehead atoms. The van der Waals surface area contributed by atoms with Crippen molar-refractivity contribution in [2.45, 2.75) is 19.9 Å². The number of carbonyl (C=O) groups excluding carboxylic acids is 1. The van der Waals surface area contributed by atoms with E-state index in [2.05, 4.69) is 24.5 Å². The molecule has 1 amide bonds. The Morgan fingerprint density at radius 1 is 1.41 bits per heavy atom. The highest BCUT2D eigenvalue weighted by atomic mass is 35.5. The second kappa shape index (κ2) is 4.59. The Hall–Kier alpha value is -0.580. The molecule has 3 nitrogen and oxygen atoms in total. The lowest BCUT2D eigenvalue weighted by molar-refractivity contribution is 0.0950. The average Bonchev–Trinajstić information content (AvgIpc) is 2.67. The predicted molar refractivity (Wildman–Crippen MR) is 72.1 cm³/mol. The highest BCUT2D eigenvalue weighted by Gasteiger charge is 2.53. The van der Waals surface area contributed by atoms with Gasteiger partial charge in [0, 0.05) is 24.0 Å². The molecule has 5 heteroatoms.